The van der Waals surface area contributed by atoms with Crippen molar-refractivity contribution in [3.05, 3.63) is 17.5 Å². The molecule has 1 saturated heterocycles. The van der Waals surface area contributed by atoms with Crippen molar-refractivity contribution < 1.29 is 9.63 Å². The number of rotatable bonds is 3. The first-order chi connectivity index (χ1) is 8.74. The number of aliphatic hydroxyl groups excluding tert-OH is 1. The van der Waals surface area contributed by atoms with Gasteiger partial charge in [0.1, 0.15) is 5.76 Å². The van der Waals surface area contributed by atoms with E-state index >= 15 is 0 Å². The number of hydrogen-bond acceptors (Lipinski definition) is 4. The summed E-state index contributed by atoms with van der Waals surface area (Å²) < 4.78 is 5.13. The van der Waals surface area contributed by atoms with Gasteiger partial charge < -0.3 is 9.63 Å². The molecule has 1 saturated carbocycles. The molecule has 0 aromatic carbocycles. The van der Waals surface area contributed by atoms with Crippen molar-refractivity contribution >= 4 is 0 Å². The van der Waals surface area contributed by atoms with E-state index in [0.717, 1.165) is 31.0 Å². The summed E-state index contributed by atoms with van der Waals surface area (Å²) in [5.41, 5.74) is 1.02. The molecule has 3 atom stereocenters. The van der Waals surface area contributed by atoms with Crippen molar-refractivity contribution in [2.45, 2.75) is 57.7 Å². The van der Waals surface area contributed by atoms with Crippen LogP contribution >= 0.6 is 0 Å². The van der Waals surface area contributed by atoms with Crippen molar-refractivity contribution in [1.29, 1.82) is 0 Å². The third-order valence-corrected chi connectivity index (χ3v) is 4.48. The molecule has 2 aliphatic rings. The quantitative estimate of drug-likeness (QED) is 0.892. The minimum atomic E-state index is -0.0883. The van der Waals surface area contributed by atoms with Crippen LogP contribution in [0.3, 0.4) is 0 Å². The highest BCUT2D eigenvalue weighted by atomic mass is 16.5. The lowest BCUT2D eigenvalue weighted by molar-refractivity contribution is 0.0710. The van der Waals surface area contributed by atoms with Gasteiger partial charge in [-0.05, 0) is 39.2 Å². The topological polar surface area (TPSA) is 49.5 Å². The lowest BCUT2D eigenvalue weighted by Crippen LogP contribution is -2.38. The Morgan fingerprint density at radius 1 is 1.39 bits per heavy atom. The van der Waals surface area contributed by atoms with Gasteiger partial charge in [0.05, 0.1) is 11.8 Å². The van der Waals surface area contributed by atoms with Crippen LogP contribution in [0.5, 0.6) is 0 Å². The van der Waals surface area contributed by atoms with Gasteiger partial charge in [0.25, 0.3) is 0 Å². The molecule has 3 rings (SSSR count). The Hall–Kier alpha value is -0.870. The zero-order valence-electron chi connectivity index (χ0n) is 11.0. The summed E-state index contributed by atoms with van der Waals surface area (Å²) in [6, 6.07) is 2.56. The van der Waals surface area contributed by atoms with Gasteiger partial charge in [-0.2, -0.15) is 0 Å². The molecule has 1 N–H and O–H groups in total. The van der Waals surface area contributed by atoms with Gasteiger partial charge >= 0.3 is 0 Å². The Bertz CT molecular complexity index is 404. The summed E-state index contributed by atoms with van der Waals surface area (Å²) in [6.07, 6.45) is 5.72. The van der Waals surface area contributed by atoms with Crippen LogP contribution in [0.25, 0.3) is 0 Å². The number of aromatic nitrogens is 1. The molecule has 1 aromatic rings. The highest BCUT2D eigenvalue weighted by Gasteiger charge is 2.38. The van der Waals surface area contributed by atoms with E-state index in [9.17, 15) is 5.11 Å². The zero-order chi connectivity index (χ0) is 12.5. The predicted molar refractivity (Wildman–Crippen MR) is 68.0 cm³/mol. The molecule has 1 aliphatic carbocycles. The van der Waals surface area contributed by atoms with Gasteiger partial charge in [-0.25, -0.2) is 0 Å². The fraction of sp³-hybridized carbons (Fsp3) is 0.786. The van der Waals surface area contributed by atoms with Crippen molar-refractivity contribution in [3.8, 4) is 0 Å². The van der Waals surface area contributed by atoms with E-state index in [1.165, 1.54) is 25.7 Å². The zero-order valence-corrected chi connectivity index (χ0v) is 11.0. The van der Waals surface area contributed by atoms with Crippen molar-refractivity contribution in [3.63, 3.8) is 0 Å². The molecule has 1 aromatic heterocycles. The summed E-state index contributed by atoms with van der Waals surface area (Å²) in [5, 5.41) is 14.2. The van der Waals surface area contributed by atoms with Crippen molar-refractivity contribution in [2.24, 2.45) is 5.92 Å². The van der Waals surface area contributed by atoms with Gasteiger partial charge in [-0.15, -0.1) is 0 Å². The van der Waals surface area contributed by atoms with Gasteiger partial charge in [-0.1, -0.05) is 11.6 Å². The molecule has 2 heterocycles. The van der Waals surface area contributed by atoms with Gasteiger partial charge in [0.15, 0.2) is 0 Å². The van der Waals surface area contributed by atoms with Crippen LogP contribution < -0.4 is 0 Å². The molecule has 0 bridgehead atoms. The minimum absolute atomic E-state index is 0.0883. The van der Waals surface area contributed by atoms with E-state index in [-0.39, 0.29) is 6.10 Å². The Morgan fingerprint density at radius 3 is 2.94 bits per heavy atom. The van der Waals surface area contributed by atoms with Gasteiger partial charge in [0, 0.05) is 24.6 Å². The molecule has 2 fully saturated rings. The number of likely N-dealkylation sites (tertiary alicyclic amines) is 1. The normalized spacial score (nSPS) is 33.3. The van der Waals surface area contributed by atoms with Crippen LogP contribution in [-0.2, 0) is 6.54 Å². The molecular formula is C14H22N2O2. The number of nitrogens with zero attached hydrogens (tertiary/aromatic N) is 2. The Kier molecular flexibility index (Phi) is 3.39. The SMILES string of the molecule is Cc1cc(CN2CCCC2C2CCCC2O)no1. The van der Waals surface area contributed by atoms with E-state index in [4.69, 9.17) is 4.52 Å². The Morgan fingerprint density at radius 2 is 2.28 bits per heavy atom. The average molecular weight is 250 g/mol. The first kappa shape index (κ1) is 12.2. The number of aryl methyl sites for hydroxylation is 1. The first-order valence-electron chi connectivity index (χ1n) is 7.08. The first-order valence-corrected chi connectivity index (χ1v) is 7.08. The fourth-order valence-corrected chi connectivity index (χ4v) is 3.65. The predicted octanol–water partition coefficient (Wildman–Crippen LogP) is 2.11. The molecule has 4 nitrogen and oxygen atoms in total. The van der Waals surface area contributed by atoms with Crippen molar-refractivity contribution in [2.75, 3.05) is 6.54 Å². The average Bonchev–Trinajstić information content (AvgIpc) is 3.02. The molecule has 18 heavy (non-hydrogen) atoms. The summed E-state index contributed by atoms with van der Waals surface area (Å²) >= 11 is 0. The second kappa shape index (κ2) is 5.02. The third kappa shape index (κ3) is 2.31. The molecule has 100 valence electrons. The van der Waals surface area contributed by atoms with Gasteiger partial charge in [0.2, 0.25) is 0 Å². The van der Waals surface area contributed by atoms with Crippen LogP contribution in [0, 0.1) is 12.8 Å². The summed E-state index contributed by atoms with van der Waals surface area (Å²) in [4.78, 5) is 2.48. The highest BCUT2D eigenvalue weighted by molar-refractivity contribution is 5.04. The van der Waals surface area contributed by atoms with E-state index in [1.54, 1.807) is 0 Å². The molecular weight excluding hydrogens is 228 g/mol. The maximum Gasteiger partial charge on any atom is 0.133 e. The second-order valence-corrected chi connectivity index (χ2v) is 5.77. The van der Waals surface area contributed by atoms with Crippen LogP contribution in [0.4, 0.5) is 0 Å². The monoisotopic (exact) mass is 250 g/mol. The fourth-order valence-electron chi connectivity index (χ4n) is 3.65. The Labute approximate surface area is 108 Å². The van der Waals surface area contributed by atoms with E-state index < -0.39 is 0 Å². The number of hydrogen-bond donors (Lipinski definition) is 1. The van der Waals surface area contributed by atoms with Crippen LogP contribution in [0.2, 0.25) is 0 Å². The van der Waals surface area contributed by atoms with E-state index in [1.807, 2.05) is 13.0 Å². The molecule has 4 heteroatoms. The van der Waals surface area contributed by atoms with E-state index in [2.05, 4.69) is 10.1 Å². The lowest BCUT2D eigenvalue weighted by atomic mass is 9.94. The molecule has 0 spiro atoms. The van der Waals surface area contributed by atoms with Crippen LogP contribution in [-0.4, -0.2) is 33.9 Å². The second-order valence-electron chi connectivity index (χ2n) is 5.77. The highest BCUT2D eigenvalue weighted by Crippen LogP contribution is 2.36. The summed E-state index contributed by atoms with van der Waals surface area (Å²) in [6.45, 7) is 3.92. The smallest absolute Gasteiger partial charge is 0.133 e. The molecule has 1 aliphatic heterocycles. The maximum atomic E-state index is 10.1. The molecule has 3 unspecified atom stereocenters. The summed E-state index contributed by atoms with van der Waals surface area (Å²) in [5.74, 6) is 1.35. The van der Waals surface area contributed by atoms with Crippen LogP contribution in [0.1, 0.15) is 43.6 Å². The van der Waals surface area contributed by atoms with Gasteiger partial charge in [-0.3, -0.25) is 4.90 Å². The third-order valence-electron chi connectivity index (χ3n) is 4.48. The molecule has 0 amide bonds. The largest absolute Gasteiger partial charge is 0.393 e. The summed E-state index contributed by atoms with van der Waals surface area (Å²) in [7, 11) is 0. The number of aliphatic hydroxyl groups is 1. The maximum absolute atomic E-state index is 10.1. The Balaban J connectivity index is 1.67. The standard InChI is InChI=1S/C14H22N2O2/c1-10-8-11(15-18-10)9-16-7-3-5-13(16)12-4-2-6-14(12)17/h8,12-14,17H,2-7,9H2,1H3. The lowest BCUT2D eigenvalue weighted by Gasteiger charge is -2.30. The molecule has 0 radical (unpaired) electrons. The van der Waals surface area contributed by atoms with Crippen molar-refractivity contribution in [1.82, 2.24) is 10.1 Å². The van der Waals surface area contributed by atoms with Crippen LogP contribution in [0.15, 0.2) is 10.6 Å². The minimum Gasteiger partial charge on any atom is -0.393 e. The van der Waals surface area contributed by atoms with E-state index in [0.29, 0.717) is 12.0 Å².